The monoisotopic (exact) mass is 399 g/mol. The standard InChI is InChI=1S/C20H21N3O2S2/c1-12-10-15(22-18(25)20(2,3)4)27-16(12)17(24)23-19-21-11-14(26-19)13-8-6-5-7-9-13/h5-11H,1-4H3,(H,22,25)(H,21,23,24). The number of aromatic nitrogens is 1. The van der Waals surface area contributed by atoms with Crippen molar-refractivity contribution in [3.63, 3.8) is 0 Å². The number of nitrogens with zero attached hydrogens (tertiary/aromatic N) is 1. The minimum atomic E-state index is -0.491. The van der Waals surface area contributed by atoms with Crippen LogP contribution in [0.3, 0.4) is 0 Å². The minimum Gasteiger partial charge on any atom is -0.317 e. The lowest BCUT2D eigenvalue weighted by atomic mass is 9.96. The largest absolute Gasteiger partial charge is 0.317 e. The molecule has 0 aliphatic carbocycles. The number of amides is 2. The van der Waals surface area contributed by atoms with Gasteiger partial charge in [0.05, 0.1) is 14.8 Å². The Morgan fingerprint density at radius 2 is 1.74 bits per heavy atom. The number of anilines is 2. The molecule has 2 amide bonds. The maximum atomic E-state index is 12.6. The van der Waals surface area contributed by atoms with Gasteiger partial charge in [0.25, 0.3) is 5.91 Å². The summed E-state index contributed by atoms with van der Waals surface area (Å²) in [6.07, 6.45) is 1.76. The van der Waals surface area contributed by atoms with E-state index >= 15 is 0 Å². The maximum absolute atomic E-state index is 12.6. The Hall–Kier alpha value is -2.51. The molecule has 0 unspecified atom stereocenters. The van der Waals surface area contributed by atoms with Gasteiger partial charge < -0.3 is 5.32 Å². The first-order valence-electron chi connectivity index (χ1n) is 8.48. The van der Waals surface area contributed by atoms with Crippen molar-refractivity contribution in [2.75, 3.05) is 10.6 Å². The molecule has 140 valence electrons. The van der Waals surface area contributed by atoms with Crippen LogP contribution < -0.4 is 10.6 Å². The van der Waals surface area contributed by atoms with Crippen LogP contribution in [0.15, 0.2) is 42.6 Å². The van der Waals surface area contributed by atoms with Gasteiger partial charge in [0.2, 0.25) is 5.91 Å². The highest BCUT2D eigenvalue weighted by molar-refractivity contribution is 7.20. The van der Waals surface area contributed by atoms with Crippen LogP contribution in [0.2, 0.25) is 0 Å². The molecule has 0 fully saturated rings. The molecule has 27 heavy (non-hydrogen) atoms. The maximum Gasteiger partial charge on any atom is 0.267 e. The molecule has 3 aromatic rings. The van der Waals surface area contributed by atoms with Gasteiger partial charge in [-0.25, -0.2) is 4.98 Å². The van der Waals surface area contributed by atoms with E-state index in [9.17, 15) is 9.59 Å². The number of rotatable bonds is 4. The van der Waals surface area contributed by atoms with Crippen molar-refractivity contribution in [1.82, 2.24) is 4.98 Å². The highest BCUT2D eigenvalue weighted by atomic mass is 32.1. The fraction of sp³-hybridized carbons (Fsp3) is 0.250. The summed E-state index contributed by atoms with van der Waals surface area (Å²) in [5, 5.41) is 6.94. The van der Waals surface area contributed by atoms with Crippen molar-refractivity contribution in [1.29, 1.82) is 0 Å². The van der Waals surface area contributed by atoms with Crippen LogP contribution in [-0.4, -0.2) is 16.8 Å². The molecule has 0 atom stereocenters. The summed E-state index contributed by atoms with van der Waals surface area (Å²) in [7, 11) is 0. The molecule has 2 aromatic heterocycles. The average Bonchev–Trinajstić information content (AvgIpc) is 3.21. The van der Waals surface area contributed by atoms with Gasteiger partial charge in [-0.2, -0.15) is 0 Å². The Kier molecular flexibility index (Phi) is 5.43. The Morgan fingerprint density at radius 3 is 2.41 bits per heavy atom. The molecular weight excluding hydrogens is 378 g/mol. The van der Waals surface area contributed by atoms with E-state index in [2.05, 4.69) is 15.6 Å². The van der Waals surface area contributed by atoms with Gasteiger partial charge in [0.1, 0.15) is 0 Å². The normalized spacial score (nSPS) is 11.3. The van der Waals surface area contributed by atoms with E-state index in [1.54, 1.807) is 6.20 Å². The molecular formula is C20H21N3O2S2. The van der Waals surface area contributed by atoms with Gasteiger partial charge in [-0.1, -0.05) is 62.4 Å². The highest BCUT2D eigenvalue weighted by Crippen LogP contribution is 2.31. The number of carbonyl (C=O) groups is 2. The van der Waals surface area contributed by atoms with Crippen LogP contribution in [0.1, 0.15) is 36.0 Å². The van der Waals surface area contributed by atoms with E-state index in [1.165, 1.54) is 22.7 Å². The number of thiazole rings is 1. The third-order valence-electron chi connectivity index (χ3n) is 3.83. The fourth-order valence-electron chi connectivity index (χ4n) is 2.29. The van der Waals surface area contributed by atoms with E-state index in [0.29, 0.717) is 15.0 Å². The average molecular weight is 400 g/mol. The SMILES string of the molecule is Cc1cc(NC(=O)C(C)(C)C)sc1C(=O)Nc1ncc(-c2ccccc2)s1. The van der Waals surface area contributed by atoms with Crippen molar-refractivity contribution in [2.45, 2.75) is 27.7 Å². The van der Waals surface area contributed by atoms with E-state index in [1.807, 2.05) is 64.1 Å². The number of hydrogen-bond donors (Lipinski definition) is 2. The number of thiophene rings is 1. The Bertz CT molecular complexity index is 969. The summed E-state index contributed by atoms with van der Waals surface area (Å²) < 4.78 is 0. The van der Waals surface area contributed by atoms with Crippen LogP contribution in [0, 0.1) is 12.3 Å². The topological polar surface area (TPSA) is 71.1 Å². The highest BCUT2D eigenvalue weighted by Gasteiger charge is 2.23. The lowest BCUT2D eigenvalue weighted by molar-refractivity contribution is -0.123. The molecule has 0 aliphatic rings. The first-order valence-corrected chi connectivity index (χ1v) is 10.1. The smallest absolute Gasteiger partial charge is 0.267 e. The molecule has 2 N–H and O–H groups in total. The summed E-state index contributed by atoms with van der Waals surface area (Å²) in [4.78, 5) is 30.6. The van der Waals surface area contributed by atoms with Crippen LogP contribution in [0.5, 0.6) is 0 Å². The number of benzene rings is 1. The summed E-state index contributed by atoms with van der Waals surface area (Å²) in [6.45, 7) is 7.41. The molecule has 0 bridgehead atoms. The van der Waals surface area contributed by atoms with Crippen molar-refractivity contribution < 1.29 is 9.59 Å². The van der Waals surface area contributed by atoms with E-state index in [0.717, 1.165) is 16.0 Å². The summed E-state index contributed by atoms with van der Waals surface area (Å²) >= 11 is 2.69. The number of carbonyl (C=O) groups excluding carboxylic acids is 2. The van der Waals surface area contributed by atoms with E-state index in [-0.39, 0.29) is 11.8 Å². The molecule has 0 saturated carbocycles. The number of hydrogen-bond acceptors (Lipinski definition) is 5. The molecule has 2 heterocycles. The van der Waals surface area contributed by atoms with E-state index < -0.39 is 5.41 Å². The molecule has 0 radical (unpaired) electrons. The van der Waals surface area contributed by atoms with Crippen molar-refractivity contribution in [2.24, 2.45) is 5.41 Å². The van der Waals surface area contributed by atoms with Gasteiger partial charge in [-0.15, -0.1) is 11.3 Å². The summed E-state index contributed by atoms with van der Waals surface area (Å²) in [5.74, 6) is -0.300. The van der Waals surface area contributed by atoms with Crippen LogP contribution in [0.4, 0.5) is 10.1 Å². The molecule has 0 aliphatic heterocycles. The second-order valence-electron chi connectivity index (χ2n) is 7.18. The molecule has 0 spiro atoms. The first-order chi connectivity index (χ1) is 12.7. The number of aryl methyl sites for hydroxylation is 1. The minimum absolute atomic E-state index is 0.0804. The zero-order valence-corrected chi connectivity index (χ0v) is 17.3. The molecule has 0 saturated heterocycles. The predicted molar refractivity (Wildman–Crippen MR) is 113 cm³/mol. The van der Waals surface area contributed by atoms with Gasteiger partial charge in [-0.05, 0) is 24.1 Å². The van der Waals surface area contributed by atoms with Gasteiger partial charge in [0.15, 0.2) is 5.13 Å². The molecule has 1 aromatic carbocycles. The van der Waals surface area contributed by atoms with Crippen LogP contribution in [0.25, 0.3) is 10.4 Å². The molecule has 7 heteroatoms. The Balaban J connectivity index is 1.72. The van der Waals surface area contributed by atoms with E-state index in [4.69, 9.17) is 0 Å². The van der Waals surface area contributed by atoms with Gasteiger partial charge >= 0.3 is 0 Å². The van der Waals surface area contributed by atoms with Crippen molar-refractivity contribution in [3.8, 4) is 10.4 Å². The Labute approximate surface area is 166 Å². The predicted octanol–water partition coefficient (Wildman–Crippen LogP) is 5.42. The third kappa shape index (κ3) is 4.61. The molecule has 5 nitrogen and oxygen atoms in total. The van der Waals surface area contributed by atoms with Gasteiger partial charge in [-0.3, -0.25) is 14.9 Å². The third-order valence-corrected chi connectivity index (χ3v) is 5.94. The van der Waals surface area contributed by atoms with Crippen molar-refractivity contribution in [3.05, 3.63) is 53.0 Å². The second kappa shape index (κ2) is 7.62. The van der Waals surface area contributed by atoms with Crippen LogP contribution in [-0.2, 0) is 4.79 Å². The van der Waals surface area contributed by atoms with Crippen LogP contribution >= 0.6 is 22.7 Å². The first kappa shape index (κ1) is 19.3. The summed E-state index contributed by atoms with van der Waals surface area (Å²) in [6, 6.07) is 11.7. The zero-order chi connectivity index (χ0) is 19.6. The lowest BCUT2D eigenvalue weighted by Crippen LogP contribution is -2.27. The number of nitrogens with one attached hydrogen (secondary N) is 2. The lowest BCUT2D eigenvalue weighted by Gasteiger charge is -2.16. The van der Waals surface area contributed by atoms with Gasteiger partial charge in [0, 0.05) is 11.6 Å². The Morgan fingerprint density at radius 1 is 1.04 bits per heavy atom. The summed E-state index contributed by atoms with van der Waals surface area (Å²) in [5.41, 5.74) is 1.39. The van der Waals surface area contributed by atoms with Crippen molar-refractivity contribution >= 4 is 44.6 Å². The fourth-order valence-corrected chi connectivity index (χ4v) is 4.07. The molecule has 3 rings (SSSR count). The second-order valence-corrected chi connectivity index (χ2v) is 9.26. The zero-order valence-electron chi connectivity index (χ0n) is 15.6. The quantitative estimate of drug-likeness (QED) is 0.615.